The average molecular weight is 308 g/mol. The van der Waals surface area contributed by atoms with Gasteiger partial charge in [-0.25, -0.2) is 0 Å². The number of benzene rings is 1. The Morgan fingerprint density at radius 1 is 1.29 bits per heavy atom. The third-order valence-electron chi connectivity index (χ3n) is 4.48. The highest BCUT2D eigenvalue weighted by molar-refractivity contribution is 6.31. The number of halogens is 1. The molecule has 0 bridgehead atoms. The summed E-state index contributed by atoms with van der Waals surface area (Å²) in [4.78, 5) is 11.5. The maximum absolute atomic E-state index is 11.5. The first-order valence-corrected chi connectivity index (χ1v) is 7.57. The minimum Gasteiger partial charge on any atom is -0.504 e. The molecule has 1 saturated heterocycles. The molecule has 3 unspecified atom stereocenters. The van der Waals surface area contributed by atoms with Crippen molar-refractivity contribution in [2.45, 2.75) is 25.3 Å². The number of allylic oxidation sites excluding steroid dienone is 1. The van der Waals surface area contributed by atoms with E-state index in [-0.39, 0.29) is 23.3 Å². The van der Waals surface area contributed by atoms with Crippen LogP contribution in [0.2, 0.25) is 5.02 Å². The molecule has 3 atom stereocenters. The van der Waals surface area contributed by atoms with Gasteiger partial charge in [0.25, 0.3) is 0 Å². The minimum atomic E-state index is -0.207. The molecule has 21 heavy (non-hydrogen) atoms. The van der Waals surface area contributed by atoms with Gasteiger partial charge in [0.2, 0.25) is 0 Å². The molecule has 1 heterocycles. The van der Waals surface area contributed by atoms with Crippen LogP contribution < -0.4 is 5.32 Å². The molecule has 5 heteroatoms. The summed E-state index contributed by atoms with van der Waals surface area (Å²) in [7, 11) is 0. The van der Waals surface area contributed by atoms with Crippen LogP contribution in [0, 0.1) is 11.8 Å². The zero-order valence-corrected chi connectivity index (χ0v) is 12.3. The third kappa shape index (κ3) is 2.92. The molecule has 2 aliphatic rings. The van der Waals surface area contributed by atoms with Gasteiger partial charge in [-0.3, -0.25) is 4.79 Å². The molecule has 3 N–H and O–H groups in total. The summed E-state index contributed by atoms with van der Waals surface area (Å²) in [6.07, 6.45) is 5.96. The molecule has 112 valence electrons. The van der Waals surface area contributed by atoms with Crippen molar-refractivity contribution in [1.29, 1.82) is 0 Å². The first kappa shape index (κ1) is 14.4. The van der Waals surface area contributed by atoms with E-state index in [4.69, 9.17) is 11.6 Å². The Morgan fingerprint density at radius 2 is 2.05 bits per heavy atom. The van der Waals surface area contributed by atoms with Crippen molar-refractivity contribution in [2.75, 3.05) is 6.54 Å². The predicted octanol–water partition coefficient (Wildman–Crippen LogP) is 2.42. The van der Waals surface area contributed by atoms with Gasteiger partial charge < -0.3 is 15.5 Å². The van der Waals surface area contributed by atoms with Gasteiger partial charge in [-0.05, 0) is 48.9 Å². The summed E-state index contributed by atoms with van der Waals surface area (Å²) in [6.45, 7) is 0.884. The number of fused-ring (bicyclic) bond motifs is 1. The molecule has 3 rings (SSSR count). The number of hydrogen-bond acceptors (Lipinski definition) is 4. The van der Waals surface area contributed by atoms with E-state index >= 15 is 0 Å². The Kier molecular flexibility index (Phi) is 3.91. The Morgan fingerprint density at radius 3 is 2.86 bits per heavy atom. The van der Waals surface area contributed by atoms with Crippen molar-refractivity contribution >= 4 is 17.4 Å². The molecule has 0 radical (unpaired) electrons. The Labute approximate surface area is 128 Å². The van der Waals surface area contributed by atoms with Gasteiger partial charge in [0.05, 0.1) is 0 Å². The largest absolute Gasteiger partial charge is 0.504 e. The van der Waals surface area contributed by atoms with Crippen molar-refractivity contribution in [1.82, 2.24) is 5.32 Å². The molecular formula is C16H18ClNO3. The number of hydrogen-bond donors (Lipinski definition) is 3. The van der Waals surface area contributed by atoms with E-state index in [0.29, 0.717) is 29.7 Å². The lowest BCUT2D eigenvalue weighted by Crippen LogP contribution is -2.48. The fourth-order valence-electron chi connectivity index (χ4n) is 3.38. The predicted molar refractivity (Wildman–Crippen MR) is 80.6 cm³/mol. The topological polar surface area (TPSA) is 69.6 Å². The van der Waals surface area contributed by atoms with Crippen molar-refractivity contribution in [3.63, 3.8) is 0 Å². The van der Waals surface area contributed by atoms with Gasteiger partial charge in [-0.2, -0.15) is 0 Å². The first-order chi connectivity index (χ1) is 10.0. The molecule has 1 aliphatic heterocycles. The summed E-state index contributed by atoms with van der Waals surface area (Å²) >= 11 is 6.15. The third-order valence-corrected chi connectivity index (χ3v) is 4.83. The number of rotatable bonds is 2. The molecule has 0 saturated carbocycles. The quantitative estimate of drug-likeness (QED) is 0.734. The van der Waals surface area contributed by atoms with E-state index in [1.807, 2.05) is 6.08 Å². The fraction of sp³-hybridized carbons (Fsp3) is 0.438. The maximum atomic E-state index is 11.5. The lowest BCUT2D eigenvalue weighted by molar-refractivity contribution is -0.116. The lowest BCUT2D eigenvalue weighted by Gasteiger charge is -2.39. The van der Waals surface area contributed by atoms with E-state index in [1.54, 1.807) is 6.08 Å². The number of phenols is 2. The standard InChI is InChI=1S/C16H18ClNO3/c17-13-8-16(21)15(20)7-10(13)6-14-12-2-1-11(19)5-9(12)3-4-18-14/h1-2,7-9,12,14,18,20-21H,3-6H2. The Balaban J connectivity index is 1.82. The van der Waals surface area contributed by atoms with Gasteiger partial charge in [-0.15, -0.1) is 0 Å². The lowest BCUT2D eigenvalue weighted by atomic mass is 9.73. The van der Waals surface area contributed by atoms with E-state index in [0.717, 1.165) is 18.5 Å². The smallest absolute Gasteiger partial charge is 0.158 e. The minimum absolute atomic E-state index is 0.156. The zero-order chi connectivity index (χ0) is 15.0. The van der Waals surface area contributed by atoms with Crippen molar-refractivity contribution < 1.29 is 15.0 Å². The maximum Gasteiger partial charge on any atom is 0.158 e. The van der Waals surface area contributed by atoms with Gasteiger partial charge >= 0.3 is 0 Å². The Hall–Kier alpha value is -1.52. The molecule has 0 spiro atoms. The highest BCUT2D eigenvalue weighted by Crippen LogP contribution is 2.36. The SMILES string of the molecule is O=C1C=CC2C(CCNC2Cc2cc(O)c(O)cc2Cl)C1. The van der Waals surface area contributed by atoms with Gasteiger partial charge in [0.1, 0.15) is 0 Å². The Bertz CT molecular complexity index is 599. The van der Waals surface area contributed by atoms with Crippen LogP contribution in [-0.4, -0.2) is 28.6 Å². The molecule has 4 nitrogen and oxygen atoms in total. The number of carbonyl (C=O) groups excluding carboxylic acids is 1. The molecule has 1 aromatic rings. The molecule has 1 fully saturated rings. The second kappa shape index (κ2) is 5.70. The summed E-state index contributed by atoms with van der Waals surface area (Å²) in [6, 6.07) is 3.07. The van der Waals surface area contributed by atoms with Crippen LogP contribution in [-0.2, 0) is 11.2 Å². The van der Waals surface area contributed by atoms with E-state index < -0.39 is 0 Å². The molecular weight excluding hydrogens is 290 g/mol. The number of carbonyl (C=O) groups is 1. The van der Waals surface area contributed by atoms with E-state index in [9.17, 15) is 15.0 Å². The summed E-state index contributed by atoms with van der Waals surface area (Å²) < 4.78 is 0. The van der Waals surface area contributed by atoms with Crippen LogP contribution in [0.5, 0.6) is 11.5 Å². The van der Waals surface area contributed by atoms with E-state index in [2.05, 4.69) is 5.32 Å². The van der Waals surface area contributed by atoms with Crippen LogP contribution in [0.1, 0.15) is 18.4 Å². The number of nitrogens with one attached hydrogen (secondary N) is 1. The van der Waals surface area contributed by atoms with Crippen LogP contribution in [0.4, 0.5) is 0 Å². The highest BCUT2D eigenvalue weighted by Gasteiger charge is 2.34. The second-order valence-corrected chi connectivity index (χ2v) is 6.26. The van der Waals surface area contributed by atoms with Crippen molar-refractivity contribution in [2.24, 2.45) is 11.8 Å². The number of piperidine rings is 1. The molecule has 0 amide bonds. The zero-order valence-electron chi connectivity index (χ0n) is 11.6. The number of phenolic OH excluding ortho intramolecular Hbond substituents is 2. The summed E-state index contributed by atoms with van der Waals surface area (Å²) in [5.74, 6) is 0.538. The molecule has 1 aliphatic carbocycles. The van der Waals surface area contributed by atoms with Crippen molar-refractivity contribution in [3.05, 3.63) is 34.9 Å². The van der Waals surface area contributed by atoms with Crippen LogP contribution in [0.25, 0.3) is 0 Å². The summed E-state index contributed by atoms with van der Waals surface area (Å²) in [5, 5.41) is 23.0. The molecule has 1 aromatic carbocycles. The normalized spacial score (nSPS) is 28.4. The number of aromatic hydroxyl groups is 2. The highest BCUT2D eigenvalue weighted by atomic mass is 35.5. The second-order valence-electron chi connectivity index (χ2n) is 5.85. The fourth-order valence-corrected chi connectivity index (χ4v) is 3.62. The monoisotopic (exact) mass is 307 g/mol. The average Bonchev–Trinajstić information content (AvgIpc) is 2.44. The van der Waals surface area contributed by atoms with Gasteiger partial charge in [0.15, 0.2) is 17.3 Å². The molecule has 0 aromatic heterocycles. The van der Waals surface area contributed by atoms with Crippen molar-refractivity contribution in [3.8, 4) is 11.5 Å². The van der Waals surface area contributed by atoms with E-state index in [1.165, 1.54) is 12.1 Å². The number of ketones is 1. The van der Waals surface area contributed by atoms with Crippen LogP contribution in [0.3, 0.4) is 0 Å². The van der Waals surface area contributed by atoms with Crippen LogP contribution >= 0.6 is 11.6 Å². The van der Waals surface area contributed by atoms with Gasteiger partial charge in [0, 0.05) is 23.6 Å². The van der Waals surface area contributed by atoms with Crippen LogP contribution in [0.15, 0.2) is 24.3 Å². The first-order valence-electron chi connectivity index (χ1n) is 7.19. The van der Waals surface area contributed by atoms with Gasteiger partial charge in [-0.1, -0.05) is 17.7 Å². The summed E-state index contributed by atoms with van der Waals surface area (Å²) in [5.41, 5.74) is 0.801.